The normalized spacial score (nSPS) is 21.1. The highest BCUT2D eigenvalue weighted by atomic mass is 32.1. The van der Waals surface area contributed by atoms with Crippen molar-refractivity contribution in [3.8, 4) is 0 Å². The van der Waals surface area contributed by atoms with Crippen molar-refractivity contribution in [3.05, 3.63) is 16.6 Å². The average Bonchev–Trinajstić information content (AvgIpc) is 2.79. The van der Waals surface area contributed by atoms with Crippen LogP contribution < -0.4 is 5.32 Å². The molecule has 88 valence electrons. The van der Waals surface area contributed by atoms with Crippen LogP contribution in [0.1, 0.15) is 19.0 Å². The molecular weight excluding hydrogens is 222 g/mol. The predicted octanol–water partition coefficient (Wildman–Crippen LogP) is 0.896. The highest BCUT2D eigenvalue weighted by Gasteiger charge is 2.22. The van der Waals surface area contributed by atoms with Crippen LogP contribution in [-0.2, 0) is 11.2 Å². The Morgan fingerprint density at radius 1 is 1.75 bits per heavy atom. The van der Waals surface area contributed by atoms with Gasteiger partial charge in [-0.15, -0.1) is 11.3 Å². The molecule has 0 bridgehead atoms. The van der Waals surface area contributed by atoms with Crippen molar-refractivity contribution in [1.29, 1.82) is 0 Å². The lowest BCUT2D eigenvalue weighted by Gasteiger charge is -2.34. The van der Waals surface area contributed by atoms with Gasteiger partial charge in [0.05, 0.1) is 11.2 Å². The highest BCUT2D eigenvalue weighted by Crippen LogP contribution is 2.09. The maximum absolute atomic E-state index is 12.0. The van der Waals surface area contributed by atoms with Crippen molar-refractivity contribution < 1.29 is 4.79 Å². The second-order valence-corrected chi connectivity index (χ2v) is 4.84. The second-order valence-electron chi connectivity index (χ2n) is 4.12. The average molecular weight is 239 g/mol. The van der Waals surface area contributed by atoms with Crippen molar-refractivity contribution in [2.45, 2.75) is 25.8 Å². The fourth-order valence-electron chi connectivity index (χ4n) is 1.95. The van der Waals surface area contributed by atoms with E-state index in [0.717, 1.165) is 31.7 Å². The third-order valence-corrected chi connectivity index (χ3v) is 3.54. The van der Waals surface area contributed by atoms with Crippen LogP contribution in [0.2, 0.25) is 0 Å². The molecule has 5 heteroatoms. The Balaban J connectivity index is 1.83. The third-order valence-electron chi connectivity index (χ3n) is 2.90. The fourth-order valence-corrected chi connectivity index (χ4v) is 2.54. The van der Waals surface area contributed by atoms with E-state index in [1.165, 1.54) is 0 Å². The Kier molecular flexibility index (Phi) is 3.90. The number of thiazole rings is 1. The summed E-state index contributed by atoms with van der Waals surface area (Å²) in [5, 5.41) is 5.29. The van der Waals surface area contributed by atoms with Gasteiger partial charge >= 0.3 is 0 Å². The van der Waals surface area contributed by atoms with Crippen LogP contribution in [0.4, 0.5) is 0 Å². The number of hydrogen-bond acceptors (Lipinski definition) is 4. The van der Waals surface area contributed by atoms with E-state index in [0.29, 0.717) is 12.5 Å². The molecule has 4 nitrogen and oxygen atoms in total. The van der Waals surface area contributed by atoms with Crippen LogP contribution >= 0.6 is 11.3 Å². The number of amides is 1. The zero-order valence-electron chi connectivity index (χ0n) is 9.48. The number of piperazine rings is 1. The molecule has 1 aliphatic heterocycles. The number of nitrogens with zero attached hydrogens (tertiary/aromatic N) is 2. The highest BCUT2D eigenvalue weighted by molar-refractivity contribution is 7.07. The minimum absolute atomic E-state index is 0.252. The van der Waals surface area contributed by atoms with Crippen LogP contribution in [-0.4, -0.2) is 41.5 Å². The van der Waals surface area contributed by atoms with E-state index in [-0.39, 0.29) is 5.91 Å². The molecule has 1 fully saturated rings. The standard InChI is InChI=1S/C11H17N3OS/c1-9-6-12-4-5-14(9)11(15)3-2-10-7-16-8-13-10/h7-9,12H,2-6H2,1H3/t9-/m0/s1. The van der Waals surface area contributed by atoms with Gasteiger partial charge in [-0.3, -0.25) is 4.79 Å². The molecule has 2 heterocycles. The topological polar surface area (TPSA) is 45.2 Å². The van der Waals surface area contributed by atoms with Gasteiger partial charge in [-0.1, -0.05) is 0 Å². The van der Waals surface area contributed by atoms with Gasteiger partial charge in [0.15, 0.2) is 0 Å². The van der Waals surface area contributed by atoms with Gasteiger partial charge < -0.3 is 10.2 Å². The second kappa shape index (κ2) is 5.41. The monoisotopic (exact) mass is 239 g/mol. The molecule has 0 spiro atoms. The van der Waals surface area contributed by atoms with Crippen molar-refractivity contribution in [1.82, 2.24) is 15.2 Å². The van der Waals surface area contributed by atoms with Crippen LogP contribution in [0.5, 0.6) is 0 Å². The molecule has 1 N–H and O–H groups in total. The minimum atomic E-state index is 0.252. The molecule has 1 saturated heterocycles. The largest absolute Gasteiger partial charge is 0.337 e. The van der Waals surface area contributed by atoms with Gasteiger partial charge in [-0.25, -0.2) is 4.98 Å². The maximum Gasteiger partial charge on any atom is 0.223 e. The first-order chi connectivity index (χ1) is 7.77. The Morgan fingerprint density at radius 2 is 2.62 bits per heavy atom. The van der Waals surface area contributed by atoms with E-state index in [1.807, 2.05) is 15.8 Å². The lowest BCUT2D eigenvalue weighted by Crippen LogP contribution is -2.52. The fraction of sp³-hybridized carbons (Fsp3) is 0.636. The number of nitrogens with one attached hydrogen (secondary N) is 1. The van der Waals surface area contributed by atoms with Gasteiger partial charge in [0.25, 0.3) is 0 Å². The Morgan fingerprint density at radius 3 is 3.31 bits per heavy atom. The summed E-state index contributed by atoms with van der Waals surface area (Å²) in [4.78, 5) is 18.1. The summed E-state index contributed by atoms with van der Waals surface area (Å²) >= 11 is 1.58. The van der Waals surface area contributed by atoms with E-state index >= 15 is 0 Å². The number of carbonyl (C=O) groups excluding carboxylic acids is 1. The summed E-state index contributed by atoms with van der Waals surface area (Å²) < 4.78 is 0. The van der Waals surface area contributed by atoms with Crippen LogP contribution in [0, 0.1) is 0 Å². The molecule has 0 aromatic carbocycles. The molecule has 1 atom stereocenters. The van der Waals surface area contributed by atoms with Crippen molar-refractivity contribution in [2.75, 3.05) is 19.6 Å². The molecule has 1 amide bonds. The van der Waals surface area contributed by atoms with Crippen molar-refractivity contribution in [2.24, 2.45) is 0 Å². The minimum Gasteiger partial charge on any atom is -0.337 e. The number of hydrogen-bond donors (Lipinski definition) is 1. The first kappa shape index (κ1) is 11.5. The van der Waals surface area contributed by atoms with Gasteiger partial charge in [0.1, 0.15) is 0 Å². The predicted molar refractivity (Wildman–Crippen MR) is 64.5 cm³/mol. The maximum atomic E-state index is 12.0. The molecule has 0 saturated carbocycles. The van der Waals surface area contributed by atoms with Gasteiger partial charge in [-0.05, 0) is 13.3 Å². The molecular formula is C11H17N3OS. The summed E-state index contributed by atoms with van der Waals surface area (Å²) in [6.45, 7) is 4.74. The Hall–Kier alpha value is -0.940. The van der Waals surface area contributed by atoms with Crippen LogP contribution in [0.15, 0.2) is 10.9 Å². The molecule has 1 aliphatic rings. The molecule has 0 aliphatic carbocycles. The molecule has 1 aromatic rings. The number of rotatable bonds is 3. The van der Waals surface area contributed by atoms with E-state index < -0.39 is 0 Å². The van der Waals surface area contributed by atoms with Crippen LogP contribution in [0.25, 0.3) is 0 Å². The van der Waals surface area contributed by atoms with Gasteiger partial charge in [0, 0.05) is 37.5 Å². The molecule has 16 heavy (non-hydrogen) atoms. The first-order valence-corrected chi connectivity index (χ1v) is 6.59. The summed E-state index contributed by atoms with van der Waals surface area (Å²) in [6.07, 6.45) is 1.34. The molecule has 1 aromatic heterocycles. The Bertz CT molecular complexity index is 339. The van der Waals surface area contributed by atoms with E-state index in [4.69, 9.17) is 0 Å². The summed E-state index contributed by atoms with van der Waals surface area (Å²) in [5.74, 6) is 0.252. The van der Waals surface area contributed by atoms with Gasteiger partial charge in [-0.2, -0.15) is 0 Å². The lowest BCUT2D eigenvalue weighted by molar-refractivity contribution is -0.133. The summed E-state index contributed by atoms with van der Waals surface area (Å²) in [5.41, 5.74) is 2.84. The molecule has 0 unspecified atom stereocenters. The number of aryl methyl sites for hydroxylation is 1. The smallest absolute Gasteiger partial charge is 0.223 e. The lowest BCUT2D eigenvalue weighted by atomic mass is 10.1. The van der Waals surface area contributed by atoms with E-state index in [9.17, 15) is 4.79 Å². The first-order valence-electron chi connectivity index (χ1n) is 5.64. The van der Waals surface area contributed by atoms with E-state index in [2.05, 4.69) is 17.2 Å². The zero-order valence-corrected chi connectivity index (χ0v) is 10.3. The third kappa shape index (κ3) is 2.80. The SMILES string of the molecule is C[C@H]1CNCCN1C(=O)CCc1cscn1. The number of aromatic nitrogens is 1. The summed E-state index contributed by atoms with van der Waals surface area (Å²) in [7, 11) is 0. The van der Waals surface area contributed by atoms with Crippen LogP contribution in [0.3, 0.4) is 0 Å². The van der Waals surface area contributed by atoms with Gasteiger partial charge in [0.2, 0.25) is 5.91 Å². The van der Waals surface area contributed by atoms with E-state index in [1.54, 1.807) is 11.3 Å². The molecule has 2 rings (SSSR count). The van der Waals surface area contributed by atoms with Crippen molar-refractivity contribution in [3.63, 3.8) is 0 Å². The quantitative estimate of drug-likeness (QED) is 0.852. The Labute approximate surface area is 99.7 Å². The molecule has 0 radical (unpaired) electrons. The zero-order chi connectivity index (χ0) is 11.4. The summed E-state index contributed by atoms with van der Waals surface area (Å²) in [6, 6.07) is 0.316. The number of carbonyl (C=O) groups is 1. The van der Waals surface area contributed by atoms with Crippen molar-refractivity contribution >= 4 is 17.2 Å².